The van der Waals surface area contributed by atoms with Crippen LogP contribution in [-0.2, 0) is 4.79 Å². The molecule has 0 bridgehead atoms. The summed E-state index contributed by atoms with van der Waals surface area (Å²) in [6.45, 7) is 0.955. The summed E-state index contributed by atoms with van der Waals surface area (Å²) < 4.78 is 31.7. The maximum atomic E-state index is 10.6. The number of rotatable bonds is 0. The molecule has 6 heteroatoms. The van der Waals surface area contributed by atoms with Gasteiger partial charge in [0.25, 0.3) is 0 Å². The van der Waals surface area contributed by atoms with Crippen LogP contribution in [0.15, 0.2) is 30.3 Å². The van der Waals surface area contributed by atoms with Gasteiger partial charge in [-0.05, 0) is 11.6 Å². The molecule has 1 aliphatic heterocycles. The number of anilines is 1. The predicted molar refractivity (Wildman–Crippen MR) is 57.7 cm³/mol. The number of fused-ring (bicyclic) bond motifs is 1. The number of carbonyl (C=O) groups is 1. The van der Waals surface area contributed by atoms with Crippen molar-refractivity contribution in [2.24, 2.45) is 0 Å². The van der Waals surface area contributed by atoms with Crippen molar-refractivity contribution >= 4 is 17.7 Å². The van der Waals surface area contributed by atoms with E-state index < -0.39 is 12.1 Å². The zero-order valence-corrected chi connectivity index (χ0v) is 8.66. The van der Waals surface area contributed by atoms with Gasteiger partial charge in [-0.15, -0.1) is 0 Å². The molecule has 0 amide bonds. The monoisotopic (exact) mass is 245 g/mol. The van der Waals surface area contributed by atoms with Gasteiger partial charge in [0.05, 0.1) is 0 Å². The average Bonchev–Trinajstić information content (AvgIpc) is 2.29. The lowest BCUT2D eigenvalue weighted by Gasteiger charge is -2.11. The Morgan fingerprint density at radius 2 is 1.88 bits per heavy atom. The second-order valence-electron chi connectivity index (χ2n) is 3.17. The number of hydrogen-bond acceptors (Lipinski definition) is 2. The molecule has 2 N–H and O–H groups in total. The SMILES string of the molecule is C1=Cc2ccccc2NC1.O=C(O)C(F)(F)F. The van der Waals surface area contributed by atoms with Gasteiger partial charge in [0, 0.05) is 12.2 Å². The predicted octanol–water partition coefficient (Wildman–Crippen LogP) is 2.76. The fraction of sp³-hybridized carbons (Fsp3) is 0.182. The fourth-order valence-corrected chi connectivity index (χ4v) is 1.16. The van der Waals surface area contributed by atoms with E-state index in [0.29, 0.717) is 0 Å². The highest BCUT2D eigenvalue weighted by atomic mass is 19.4. The fourth-order valence-electron chi connectivity index (χ4n) is 1.16. The van der Waals surface area contributed by atoms with Crippen molar-refractivity contribution in [1.82, 2.24) is 0 Å². The molecule has 1 heterocycles. The molecule has 0 unspecified atom stereocenters. The second-order valence-corrected chi connectivity index (χ2v) is 3.17. The Kier molecular flexibility index (Phi) is 4.14. The highest BCUT2D eigenvalue weighted by Crippen LogP contribution is 2.18. The third-order valence-electron chi connectivity index (χ3n) is 1.91. The normalized spacial score (nSPS) is 12.9. The number of alkyl halides is 3. The first-order valence-corrected chi connectivity index (χ1v) is 4.71. The van der Waals surface area contributed by atoms with Gasteiger partial charge in [-0.1, -0.05) is 30.4 Å². The molecule has 0 aliphatic carbocycles. The Morgan fingerprint density at radius 1 is 1.29 bits per heavy atom. The van der Waals surface area contributed by atoms with Gasteiger partial charge in [0.1, 0.15) is 0 Å². The van der Waals surface area contributed by atoms with Crippen molar-refractivity contribution in [3.8, 4) is 0 Å². The summed E-state index contributed by atoms with van der Waals surface area (Å²) in [7, 11) is 0. The summed E-state index contributed by atoms with van der Waals surface area (Å²) in [6.07, 6.45) is -0.811. The molecule has 2 rings (SSSR count). The molecule has 0 radical (unpaired) electrons. The topological polar surface area (TPSA) is 49.3 Å². The molecule has 17 heavy (non-hydrogen) atoms. The standard InChI is InChI=1S/C9H9N.C2HF3O2/c1-2-6-9-8(4-1)5-3-7-10-9;3-2(4,5)1(6)7/h1-6,10H,7H2;(H,6,7). The van der Waals surface area contributed by atoms with Gasteiger partial charge < -0.3 is 10.4 Å². The van der Waals surface area contributed by atoms with Crippen LogP contribution >= 0.6 is 0 Å². The van der Waals surface area contributed by atoms with Gasteiger partial charge in [-0.25, -0.2) is 4.79 Å². The van der Waals surface area contributed by atoms with Crippen molar-refractivity contribution in [2.75, 3.05) is 11.9 Å². The molecule has 0 spiro atoms. The summed E-state index contributed by atoms with van der Waals surface area (Å²) in [5.41, 5.74) is 2.53. The van der Waals surface area contributed by atoms with Crippen molar-refractivity contribution in [3.05, 3.63) is 35.9 Å². The van der Waals surface area contributed by atoms with E-state index >= 15 is 0 Å². The van der Waals surface area contributed by atoms with Gasteiger partial charge in [-0.2, -0.15) is 13.2 Å². The lowest BCUT2D eigenvalue weighted by molar-refractivity contribution is -0.192. The van der Waals surface area contributed by atoms with Gasteiger partial charge in [0.15, 0.2) is 0 Å². The summed E-state index contributed by atoms with van der Waals surface area (Å²) >= 11 is 0. The number of nitrogens with one attached hydrogen (secondary N) is 1. The second kappa shape index (κ2) is 5.38. The molecule has 0 atom stereocenters. The summed E-state index contributed by atoms with van der Waals surface area (Å²) in [5.74, 6) is -2.76. The van der Waals surface area contributed by atoms with Crippen LogP contribution in [0.4, 0.5) is 18.9 Å². The van der Waals surface area contributed by atoms with Crippen LogP contribution in [0.5, 0.6) is 0 Å². The van der Waals surface area contributed by atoms with Crippen molar-refractivity contribution in [1.29, 1.82) is 0 Å². The third kappa shape index (κ3) is 4.18. The van der Waals surface area contributed by atoms with E-state index in [1.807, 2.05) is 6.07 Å². The van der Waals surface area contributed by atoms with Crippen LogP contribution in [0.25, 0.3) is 6.08 Å². The first-order chi connectivity index (χ1) is 7.91. The minimum absolute atomic E-state index is 0.955. The molecule has 3 nitrogen and oxygen atoms in total. The Balaban J connectivity index is 0.000000185. The van der Waals surface area contributed by atoms with Crippen LogP contribution in [0, 0.1) is 0 Å². The van der Waals surface area contributed by atoms with Crippen LogP contribution in [0.3, 0.4) is 0 Å². The Bertz CT molecular complexity index is 427. The zero-order chi connectivity index (χ0) is 12.9. The number of para-hydroxylation sites is 1. The van der Waals surface area contributed by atoms with Gasteiger partial charge >= 0.3 is 12.1 Å². The average molecular weight is 245 g/mol. The highest BCUT2D eigenvalue weighted by Gasteiger charge is 2.38. The van der Waals surface area contributed by atoms with E-state index in [1.165, 1.54) is 11.3 Å². The molecule has 92 valence electrons. The summed E-state index contributed by atoms with van der Waals surface area (Å²) in [6, 6.07) is 8.30. The van der Waals surface area contributed by atoms with Crippen LogP contribution in [-0.4, -0.2) is 23.8 Å². The quantitative estimate of drug-likeness (QED) is 0.738. The molecule has 0 saturated carbocycles. The van der Waals surface area contributed by atoms with E-state index in [4.69, 9.17) is 9.90 Å². The van der Waals surface area contributed by atoms with Crippen molar-refractivity contribution in [2.45, 2.75) is 6.18 Å². The van der Waals surface area contributed by atoms with E-state index in [2.05, 4.69) is 35.7 Å². The molecular formula is C11H10F3NO2. The van der Waals surface area contributed by atoms with Crippen LogP contribution in [0.2, 0.25) is 0 Å². The number of carboxylic acid groups (broad SMARTS) is 1. The number of hydrogen-bond donors (Lipinski definition) is 2. The van der Waals surface area contributed by atoms with Crippen LogP contribution < -0.4 is 5.32 Å². The van der Waals surface area contributed by atoms with E-state index in [-0.39, 0.29) is 0 Å². The Morgan fingerprint density at radius 3 is 2.41 bits per heavy atom. The third-order valence-corrected chi connectivity index (χ3v) is 1.91. The number of aliphatic carboxylic acids is 1. The molecule has 1 aliphatic rings. The lowest BCUT2D eigenvalue weighted by Crippen LogP contribution is -2.21. The maximum Gasteiger partial charge on any atom is 0.490 e. The summed E-state index contributed by atoms with van der Waals surface area (Å²) in [5, 5.41) is 10.4. The van der Waals surface area contributed by atoms with Crippen LogP contribution in [0.1, 0.15) is 5.56 Å². The minimum atomic E-state index is -5.08. The minimum Gasteiger partial charge on any atom is -0.475 e. The lowest BCUT2D eigenvalue weighted by atomic mass is 10.1. The Labute approximate surface area is 95.6 Å². The molecule has 0 fully saturated rings. The molecule has 0 aromatic heterocycles. The number of carboxylic acids is 1. The van der Waals surface area contributed by atoms with Gasteiger partial charge in [0.2, 0.25) is 0 Å². The summed E-state index contributed by atoms with van der Waals surface area (Å²) in [4.78, 5) is 8.90. The maximum absolute atomic E-state index is 10.6. The van der Waals surface area contributed by atoms with E-state index in [0.717, 1.165) is 6.54 Å². The zero-order valence-electron chi connectivity index (χ0n) is 8.66. The van der Waals surface area contributed by atoms with E-state index in [9.17, 15) is 13.2 Å². The first-order valence-electron chi connectivity index (χ1n) is 4.71. The van der Waals surface area contributed by atoms with Crippen molar-refractivity contribution in [3.63, 3.8) is 0 Å². The molecular weight excluding hydrogens is 235 g/mol. The van der Waals surface area contributed by atoms with Gasteiger partial charge in [-0.3, -0.25) is 0 Å². The van der Waals surface area contributed by atoms with Crippen molar-refractivity contribution < 1.29 is 23.1 Å². The largest absolute Gasteiger partial charge is 0.490 e. The molecule has 1 aromatic rings. The molecule has 1 aromatic carbocycles. The molecule has 0 saturated heterocycles. The van der Waals surface area contributed by atoms with E-state index in [1.54, 1.807) is 0 Å². The highest BCUT2D eigenvalue weighted by molar-refractivity contribution is 5.73. The smallest absolute Gasteiger partial charge is 0.475 e. The number of halogens is 3. The Hall–Kier alpha value is -1.98. The number of benzene rings is 1. The first kappa shape index (κ1) is 13.1.